The molecule has 1 fully saturated rings. The van der Waals surface area contributed by atoms with E-state index in [2.05, 4.69) is 20.3 Å². The minimum absolute atomic E-state index is 0.0881. The molecule has 0 saturated carbocycles. The zero-order valence-electron chi connectivity index (χ0n) is 14.1. The third kappa shape index (κ3) is 3.37. The van der Waals surface area contributed by atoms with Crippen LogP contribution in [-0.4, -0.2) is 51.3 Å². The normalized spacial score (nSPS) is 18.0. The van der Waals surface area contributed by atoms with Crippen molar-refractivity contribution in [3.05, 3.63) is 29.5 Å². The van der Waals surface area contributed by atoms with Crippen LogP contribution in [0.3, 0.4) is 0 Å². The van der Waals surface area contributed by atoms with Crippen LogP contribution in [0, 0.1) is 0 Å². The molecule has 1 aliphatic heterocycles. The van der Waals surface area contributed by atoms with E-state index >= 15 is 0 Å². The zero-order valence-corrected chi connectivity index (χ0v) is 14.1. The molecule has 0 aliphatic carbocycles. The Kier molecular flexibility index (Phi) is 4.73. The van der Waals surface area contributed by atoms with Crippen molar-refractivity contribution in [2.75, 3.05) is 20.2 Å². The second-order valence-electron chi connectivity index (χ2n) is 6.20. The van der Waals surface area contributed by atoms with Gasteiger partial charge in [-0.25, -0.2) is 0 Å². The van der Waals surface area contributed by atoms with Gasteiger partial charge in [0.2, 0.25) is 11.8 Å². The van der Waals surface area contributed by atoms with Gasteiger partial charge in [-0.05, 0) is 18.9 Å². The van der Waals surface area contributed by atoms with Crippen LogP contribution in [0.1, 0.15) is 60.7 Å². The Hall–Kier alpha value is -2.51. The smallest absolute Gasteiger partial charge is 0.274 e. The number of carbonyl (C=O) groups excluding carboxylic acids is 1. The monoisotopic (exact) mass is 331 g/mol. The molecule has 8 nitrogen and oxygen atoms in total. The van der Waals surface area contributed by atoms with Gasteiger partial charge in [-0.3, -0.25) is 4.79 Å². The number of hydrogen-bond donors (Lipinski definition) is 0. The van der Waals surface area contributed by atoms with E-state index in [1.165, 1.54) is 7.11 Å². The summed E-state index contributed by atoms with van der Waals surface area (Å²) in [5.41, 5.74) is 0.312. The van der Waals surface area contributed by atoms with Gasteiger partial charge < -0.3 is 14.2 Å². The highest BCUT2D eigenvalue weighted by Gasteiger charge is 2.29. The van der Waals surface area contributed by atoms with Crippen LogP contribution in [0.4, 0.5) is 0 Å². The maximum Gasteiger partial charge on any atom is 0.274 e. The molecule has 3 rings (SSSR count). The first kappa shape index (κ1) is 16.4. The van der Waals surface area contributed by atoms with Crippen molar-refractivity contribution in [1.29, 1.82) is 0 Å². The number of piperidine rings is 1. The molecular formula is C16H21N5O3. The Morgan fingerprint density at radius 2 is 2.21 bits per heavy atom. The van der Waals surface area contributed by atoms with Crippen LogP contribution in [0.5, 0.6) is 5.88 Å². The van der Waals surface area contributed by atoms with E-state index in [9.17, 15) is 4.79 Å². The molecule has 0 N–H and O–H groups in total. The predicted octanol–water partition coefficient (Wildman–Crippen LogP) is 2.01. The van der Waals surface area contributed by atoms with Crippen molar-refractivity contribution in [1.82, 2.24) is 25.2 Å². The summed E-state index contributed by atoms with van der Waals surface area (Å²) in [7, 11) is 1.51. The SMILES string of the molecule is COc1ccc(C(=O)N2CCC[C@@H](c3noc(C(C)C)n3)C2)nn1. The summed E-state index contributed by atoms with van der Waals surface area (Å²) in [6, 6.07) is 3.26. The van der Waals surface area contributed by atoms with E-state index in [1.54, 1.807) is 17.0 Å². The van der Waals surface area contributed by atoms with E-state index in [0.29, 0.717) is 36.4 Å². The molecule has 24 heavy (non-hydrogen) atoms. The van der Waals surface area contributed by atoms with Crippen LogP contribution in [0.15, 0.2) is 16.7 Å². The van der Waals surface area contributed by atoms with Crippen molar-refractivity contribution in [2.45, 2.75) is 38.5 Å². The van der Waals surface area contributed by atoms with E-state index < -0.39 is 0 Å². The summed E-state index contributed by atoms with van der Waals surface area (Å²) in [5.74, 6) is 1.84. The zero-order chi connectivity index (χ0) is 17.1. The number of aromatic nitrogens is 4. The van der Waals surface area contributed by atoms with Gasteiger partial charge in [-0.2, -0.15) is 4.98 Å². The second-order valence-corrected chi connectivity index (χ2v) is 6.20. The van der Waals surface area contributed by atoms with Gasteiger partial charge >= 0.3 is 0 Å². The van der Waals surface area contributed by atoms with E-state index in [4.69, 9.17) is 9.26 Å². The second kappa shape index (κ2) is 6.94. The third-order valence-electron chi connectivity index (χ3n) is 4.09. The van der Waals surface area contributed by atoms with E-state index in [0.717, 1.165) is 12.8 Å². The maximum absolute atomic E-state index is 12.6. The Morgan fingerprint density at radius 1 is 1.38 bits per heavy atom. The van der Waals surface area contributed by atoms with Crippen LogP contribution < -0.4 is 4.74 Å². The molecule has 0 radical (unpaired) electrons. The molecule has 8 heteroatoms. The molecule has 3 heterocycles. The maximum atomic E-state index is 12.6. The first-order chi connectivity index (χ1) is 11.6. The van der Waals surface area contributed by atoms with Gasteiger partial charge in [-0.1, -0.05) is 19.0 Å². The summed E-state index contributed by atoms with van der Waals surface area (Å²) in [6.07, 6.45) is 1.83. The first-order valence-electron chi connectivity index (χ1n) is 8.09. The predicted molar refractivity (Wildman–Crippen MR) is 84.8 cm³/mol. The summed E-state index contributed by atoms with van der Waals surface area (Å²) in [5, 5.41) is 11.9. The van der Waals surface area contributed by atoms with Gasteiger partial charge in [0.1, 0.15) is 0 Å². The fraction of sp³-hybridized carbons (Fsp3) is 0.562. The fourth-order valence-electron chi connectivity index (χ4n) is 2.72. The highest BCUT2D eigenvalue weighted by atomic mass is 16.5. The van der Waals surface area contributed by atoms with Crippen LogP contribution in [-0.2, 0) is 0 Å². The number of amides is 1. The van der Waals surface area contributed by atoms with Crippen LogP contribution in [0.2, 0.25) is 0 Å². The molecule has 128 valence electrons. The molecule has 2 aromatic rings. The summed E-state index contributed by atoms with van der Waals surface area (Å²) < 4.78 is 10.2. The van der Waals surface area contributed by atoms with Crippen molar-refractivity contribution < 1.29 is 14.1 Å². The van der Waals surface area contributed by atoms with Gasteiger partial charge in [0.25, 0.3) is 5.91 Å². The molecule has 1 aliphatic rings. The number of carbonyl (C=O) groups is 1. The number of ether oxygens (including phenoxy) is 1. The minimum Gasteiger partial charge on any atom is -0.480 e. The minimum atomic E-state index is -0.137. The Balaban J connectivity index is 1.70. The summed E-state index contributed by atoms with van der Waals surface area (Å²) >= 11 is 0. The largest absolute Gasteiger partial charge is 0.480 e. The summed E-state index contributed by atoms with van der Waals surface area (Å²) in [6.45, 7) is 5.27. The third-order valence-corrected chi connectivity index (χ3v) is 4.09. The van der Waals surface area contributed by atoms with Crippen molar-refractivity contribution in [2.24, 2.45) is 0 Å². The number of rotatable bonds is 4. The van der Waals surface area contributed by atoms with Gasteiger partial charge in [-0.15, -0.1) is 10.2 Å². The Bertz CT molecular complexity index is 698. The van der Waals surface area contributed by atoms with Crippen molar-refractivity contribution in [3.8, 4) is 5.88 Å². The standard InChI is InChI=1S/C16H21N5O3/c1-10(2)15-17-14(20-24-15)11-5-4-8-21(9-11)16(22)12-6-7-13(23-3)19-18-12/h6-7,10-11H,4-5,8-9H2,1-3H3/t11-/m1/s1. The van der Waals surface area contributed by atoms with E-state index in [-0.39, 0.29) is 17.7 Å². The summed E-state index contributed by atoms with van der Waals surface area (Å²) in [4.78, 5) is 18.8. The molecule has 2 aromatic heterocycles. The van der Waals surface area contributed by atoms with Gasteiger partial charge in [0, 0.05) is 31.0 Å². The fourth-order valence-corrected chi connectivity index (χ4v) is 2.72. The lowest BCUT2D eigenvalue weighted by Crippen LogP contribution is -2.39. The van der Waals surface area contributed by atoms with Gasteiger partial charge in [0.15, 0.2) is 11.5 Å². The Labute approximate surface area is 140 Å². The molecule has 0 unspecified atom stereocenters. The number of hydrogen-bond acceptors (Lipinski definition) is 7. The van der Waals surface area contributed by atoms with Crippen LogP contribution in [0.25, 0.3) is 0 Å². The quantitative estimate of drug-likeness (QED) is 0.845. The average Bonchev–Trinajstić information content (AvgIpc) is 3.12. The highest BCUT2D eigenvalue weighted by Crippen LogP contribution is 2.26. The van der Waals surface area contributed by atoms with Crippen molar-refractivity contribution >= 4 is 5.91 Å². The molecule has 1 atom stereocenters. The highest BCUT2D eigenvalue weighted by molar-refractivity contribution is 5.92. The molecule has 0 aromatic carbocycles. The van der Waals surface area contributed by atoms with Gasteiger partial charge in [0.05, 0.1) is 7.11 Å². The molecule has 0 bridgehead atoms. The molecule has 1 saturated heterocycles. The lowest BCUT2D eigenvalue weighted by atomic mass is 9.97. The molecule has 1 amide bonds. The molecule has 0 spiro atoms. The first-order valence-corrected chi connectivity index (χ1v) is 8.09. The number of likely N-dealkylation sites (tertiary alicyclic amines) is 1. The van der Waals surface area contributed by atoms with Crippen LogP contribution >= 0.6 is 0 Å². The lowest BCUT2D eigenvalue weighted by molar-refractivity contribution is 0.0696. The number of nitrogens with zero attached hydrogens (tertiary/aromatic N) is 5. The topological polar surface area (TPSA) is 94.2 Å². The van der Waals surface area contributed by atoms with E-state index in [1.807, 2.05) is 13.8 Å². The lowest BCUT2D eigenvalue weighted by Gasteiger charge is -2.30. The Morgan fingerprint density at radius 3 is 2.83 bits per heavy atom. The van der Waals surface area contributed by atoms with Crippen molar-refractivity contribution in [3.63, 3.8) is 0 Å². The molecular weight excluding hydrogens is 310 g/mol. The number of methoxy groups -OCH3 is 1. The average molecular weight is 331 g/mol.